The molecule has 7 nitrogen and oxygen atoms in total. The molecule has 0 unspecified atom stereocenters. The van der Waals surface area contributed by atoms with Gasteiger partial charge in [-0.25, -0.2) is 0 Å². The SMILES string of the molecule is CNC(=O)[C@H]1CCCN(c2sc(C(C)=O)cc2[N+](=O)[O-])C1. The second kappa shape index (κ2) is 6.21. The van der Waals surface area contributed by atoms with Gasteiger partial charge in [-0.2, -0.15) is 0 Å². The second-order valence-electron chi connectivity index (χ2n) is 5.01. The minimum atomic E-state index is -0.470. The lowest BCUT2D eigenvalue weighted by atomic mass is 9.97. The summed E-state index contributed by atoms with van der Waals surface area (Å²) in [6, 6.07) is 1.33. The molecule has 8 heteroatoms. The van der Waals surface area contributed by atoms with E-state index in [1.54, 1.807) is 7.05 Å². The molecule has 114 valence electrons. The zero-order chi connectivity index (χ0) is 15.6. The van der Waals surface area contributed by atoms with E-state index in [9.17, 15) is 19.7 Å². The van der Waals surface area contributed by atoms with E-state index in [1.165, 1.54) is 13.0 Å². The number of nitro groups is 1. The number of nitrogens with zero attached hydrogens (tertiary/aromatic N) is 2. The summed E-state index contributed by atoms with van der Waals surface area (Å²) in [5.41, 5.74) is -0.0530. The fourth-order valence-electron chi connectivity index (χ4n) is 2.48. The van der Waals surface area contributed by atoms with Crippen LogP contribution in [0.25, 0.3) is 0 Å². The van der Waals surface area contributed by atoms with Crippen LogP contribution in [-0.4, -0.2) is 36.8 Å². The van der Waals surface area contributed by atoms with Crippen LogP contribution < -0.4 is 10.2 Å². The maximum absolute atomic E-state index is 11.8. The molecule has 0 aliphatic carbocycles. The molecule has 0 radical (unpaired) electrons. The van der Waals surface area contributed by atoms with Crippen molar-refractivity contribution in [2.75, 3.05) is 25.0 Å². The van der Waals surface area contributed by atoms with Crippen LogP contribution in [0.5, 0.6) is 0 Å². The first kappa shape index (κ1) is 15.4. The van der Waals surface area contributed by atoms with Crippen LogP contribution in [0, 0.1) is 16.0 Å². The van der Waals surface area contributed by atoms with Crippen molar-refractivity contribution in [1.82, 2.24) is 5.32 Å². The Labute approximate surface area is 126 Å². The number of Topliss-reactive ketones (excluding diaryl/α,β-unsaturated/α-hetero) is 1. The van der Waals surface area contributed by atoms with Crippen molar-refractivity contribution in [1.29, 1.82) is 0 Å². The van der Waals surface area contributed by atoms with Gasteiger partial charge < -0.3 is 10.2 Å². The second-order valence-corrected chi connectivity index (χ2v) is 6.04. The molecule has 1 amide bonds. The van der Waals surface area contributed by atoms with E-state index < -0.39 is 4.92 Å². The highest BCUT2D eigenvalue weighted by Gasteiger charge is 2.31. The monoisotopic (exact) mass is 311 g/mol. The van der Waals surface area contributed by atoms with Crippen molar-refractivity contribution in [2.24, 2.45) is 5.92 Å². The number of hydrogen-bond donors (Lipinski definition) is 1. The van der Waals surface area contributed by atoms with Gasteiger partial charge in [0.1, 0.15) is 0 Å². The fourth-order valence-corrected chi connectivity index (χ4v) is 3.54. The van der Waals surface area contributed by atoms with Gasteiger partial charge >= 0.3 is 5.69 Å². The number of thiophene rings is 1. The normalized spacial score (nSPS) is 18.4. The van der Waals surface area contributed by atoms with Crippen LogP contribution in [0.15, 0.2) is 6.07 Å². The number of hydrogen-bond acceptors (Lipinski definition) is 6. The molecule has 1 aliphatic rings. The van der Waals surface area contributed by atoms with E-state index in [4.69, 9.17) is 0 Å². The van der Waals surface area contributed by atoms with Crippen LogP contribution in [0.4, 0.5) is 10.7 Å². The molecule has 2 heterocycles. The van der Waals surface area contributed by atoms with Crippen molar-refractivity contribution in [3.63, 3.8) is 0 Å². The molecule has 1 aliphatic heterocycles. The topological polar surface area (TPSA) is 92.6 Å². The van der Waals surface area contributed by atoms with E-state index in [1.807, 2.05) is 4.90 Å². The Balaban J connectivity index is 2.30. The molecular weight excluding hydrogens is 294 g/mol. The highest BCUT2D eigenvalue weighted by atomic mass is 32.1. The number of piperidine rings is 1. The van der Waals surface area contributed by atoms with E-state index >= 15 is 0 Å². The molecule has 0 spiro atoms. The number of anilines is 1. The Morgan fingerprint density at radius 1 is 1.52 bits per heavy atom. The summed E-state index contributed by atoms with van der Waals surface area (Å²) in [5.74, 6) is -0.411. The summed E-state index contributed by atoms with van der Waals surface area (Å²) in [5, 5.41) is 14.3. The molecule has 1 fully saturated rings. The van der Waals surface area contributed by atoms with Crippen molar-refractivity contribution in [3.8, 4) is 0 Å². The van der Waals surface area contributed by atoms with Gasteiger partial charge in [0.05, 0.1) is 15.7 Å². The van der Waals surface area contributed by atoms with Gasteiger partial charge in [-0.1, -0.05) is 0 Å². The number of rotatable bonds is 4. The molecule has 1 N–H and O–H groups in total. The summed E-state index contributed by atoms with van der Waals surface area (Å²) >= 11 is 1.13. The Kier molecular flexibility index (Phi) is 4.56. The highest BCUT2D eigenvalue weighted by Crippen LogP contribution is 2.39. The predicted octanol–water partition coefficient (Wildman–Crippen LogP) is 1.82. The van der Waals surface area contributed by atoms with Gasteiger partial charge in [0.2, 0.25) is 5.91 Å². The Morgan fingerprint density at radius 2 is 2.24 bits per heavy atom. The number of ketones is 1. The standard InChI is InChI=1S/C13H17N3O4S/c1-8(17)11-6-10(16(19)20)13(21-11)15-5-3-4-9(7-15)12(18)14-2/h6,9H,3-5,7H2,1-2H3,(H,14,18)/t9-/m0/s1. The van der Waals surface area contributed by atoms with E-state index in [2.05, 4.69) is 5.32 Å². The number of amides is 1. The summed E-state index contributed by atoms with van der Waals surface area (Å²) < 4.78 is 0. The van der Waals surface area contributed by atoms with Crippen molar-refractivity contribution < 1.29 is 14.5 Å². The van der Waals surface area contributed by atoms with E-state index in [0.717, 1.165) is 24.2 Å². The molecule has 1 saturated heterocycles. The van der Waals surface area contributed by atoms with Crippen LogP contribution >= 0.6 is 11.3 Å². The Bertz CT molecular complexity index is 584. The van der Waals surface area contributed by atoms with Gasteiger partial charge in [0, 0.05) is 26.2 Å². The van der Waals surface area contributed by atoms with Crippen molar-refractivity contribution in [2.45, 2.75) is 19.8 Å². The summed E-state index contributed by atoms with van der Waals surface area (Å²) in [4.78, 5) is 36.1. The first-order valence-corrected chi connectivity index (χ1v) is 7.51. The Hall–Kier alpha value is -1.96. The van der Waals surface area contributed by atoms with Gasteiger partial charge in [0.25, 0.3) is 0 Å². The molecule has 0 saturated carbocycles. The lowest BCUT2D eigenvalue weighted by Crippen LogP contribution is -2.42. The first-order valence-electron chi connectivity index (χ1n) is 6.69. The zero-order valence-corrected chi connectivity index (χ0v) is 12.7. The fraction of sp³-hybridized carbons (Fsp3) is 0.538. The van der Waals surface area contributed by atoms with Crippen molar-refractivity contribution in [3.05, 3.63) is 21.1 Å². The van der Waals surface area contributed by atoms with E-state index in [0.29, 0.717) is 23.0 Å². The molecule has 0 aromatic carbocycles. The lowest BCUT2D eigenvalue weighted by molar-refractivity contribution is -0.383. The Morgan fingerprint density at radius 3 is 2.81 bits per heavy atom. The smallest absolute Gasteiger partial charge is 0.304 e. The summed E-state index contributed by atoms with van der Waals surface area (Å²) in [6.07, 6.45) is 1.57. The van der Waals surface area contributed by atoms with Crippen LogP contribution in [-0.2, 0) is 4.79 Å². The highest BCUT2D eigenvalue weighted by molar-refractivity contribution is 7.18. The molecule has 0 bridgehead atoms. The molecule has 1 aromatic rings. The largest absolute Gasteiger partial charge is 0.359 e. The molecular formula is C13H17N3O4S. The van der Waals surface area contributed by atoms with Gasteiger partial charge in [-0.05, 0) is 19.8 Å². The number of carbonyl (C=O) groups excluding carboxylic acids is 2. The summed E-state index contributed by atoms with van der Waals surface area (Å²) in [6.45, 7) is 2.49. The van der Waals surface area contributed by atoms with Crippen molar-refractivity contribution >= 4 is 33.7 Å². The third kappa shape index (κ3) is 3.21. The maximum Gasteiger partial charge on any atom is 0.304 e. The predicted molar refractivity (Wildman–Crippen MR) is 80.0 cm³/mol. The summed E-state index contributed by atoms with van der Waals surface area (Å²) in [7, 11) is 1.59. The maximum atomic E-state index is 11.8. The third-order valence-electron chi connectivity index (χ3n) is 3.56. The molecule has 1 atom stereocenters. The number of carbonyl (C=O) groups is 2. The van der Waals surface area contributed by atoms with Crippen LogP contribution in [0.2, 0.25) is 0 Å². The first-order chi connectivity index (χ1) is 9.93. The average molecular weight is 311 g/mol. The number of nitrogens with one attached hydrogen (secondary N) is 1. The van der Waals surface area contributed by atoms with Gasteiger partial charge in [-0.3, -0.25) is 19.7 Å². The minimum absolute atomic E-state index is 0.0503. The van der Waals surface area contributed by atoms with Gasteiger partial charge in [0.15, 0.2) is 10.8 Å². The van der Waals surface area contributed by atoms with Crippen LogP contribution in [0.3, 0.4) is 0 Å². The van der Waals surface area contributed by atoms with E-state index in [-0.39, 0.29) is 23.3 Å². The molecule has 1 aromatic heterocycles. The van der Waals surface area contributed by atoms with Crippen LogP contribution in [0.1, 0.15) is 29.4 Å². The zero-order valence-electron chi connectivity index (χ0n) is 11.9. The average Bonchev–Trinajstić information content (AvgIpc) is 2.92. The third-order valence-corrected chi connectivity index (χ3v) is 4.85. The quantitative estimate of drug-likeness (QED) is 0.520. The molecule has 2 rings (SSSR count). The lowest BCUT2D eigenvalue weighted by Gasteiger charge is -2.31. The minimum Gasteiger partial charge on any atom is -0.359 e. The van der Waals surface area contributed by atoms with Gasteiger partial charge in [-0.15, -0.1) is 11.3 Å². The molecule has 21 heavy (non-hydrogen) atoms.